The fourth-order valence-electron chi connectivity index (χ4n) is 5.67. The van der Waals surface area contributed by atoms with E-state index < -0.39 is 0 Å². The molecule has 3 saturated heterocycles. The highest BCUT2D eigenvalue weighted by atomic mass is 19.1. The number of halogens is 1. The Balaban J connectivity index is 1.17. The van der Waals surface area contributed by atoms with Gasteiger partial charge in [-0.25, -0.2) is 14.4 Å². The maximum atomic E-state index is 15.5. The summed E-state index contributed by atoms with van der Waals surface area (Å²) in [5.41, 5.74) is 2.14. The zero-order chi connectivity index (χ0) is 28.2. The van der Waals surface area contributed by atoms with Crippen LogP contribution in [-0.4, -0.2) is 78.6 Å². The Morgan fingerprint density at radius 2 is 1.83 bits per heavy atom. The molecule has 0 radical (unpaired) electrons. The third-order valence-electron chi connectivity index (χ3n) is 8.03. The fraction of sp³-hybridized carbons (Fsp3) is 0.467. The SMILES string of the molecule is COc1cc(Nc2ncnc(-c3ccc(OC4CCOCC4)c(C#N)c3)n2)cc(F)c1C1CCN(C2COC2)CC1. The lowest BCUT2D eigenvalue weighted by molar-refractivity contribution is -0.0713. The quantitative estimate of drug-likeness (QED) is 0.424. The number of methoxy groups -OCH3 is 1. The van der Waals surface area contributed by atoms with Crippen LogP contribution in [0.1, 0.15) is 42.7 Å². The van der Waals surface area contributed by atoms with Crippen molar-refractivity contribution in [2.75, 3.05) is 51.9 Å². The fourth-order valence-corrected chi connectivity index (χ4v) is 5.67. The van der Waals surface area contributed by atoms with Gasteiger partial charge in [0.1, 0.15) is 35.8 Å². The largest absolute Gasteiger partial charge is 0.496 e. The normalized spacial score (nSPS) is 18.9. The van der Waals surface area contributed by atoms with Gasteiger partial charge < -0.3 is 24.3 Å². The van der Waals surface area contributed by atoms with Crippen molar-refractivity contribution in [3.63, 3.8) is 0 Å². The third-order valence-corrected chi connectivity index (χ3v) is 8.03. The van der Waals surface area contributed by atoms with Gasteiger partial charge in [-0.05, 0) is 56.1 Å². The van der Waals surface area contributed by atoms with Crippen LogP contribution in [0.15, 0.2) is 36.7 Å². The second-order valence-corrected chi connectivity index (χ2v) is 10.6. The molecule has 3 aliphatic heterocycles. The Morgan fingerprint density at radius 1 is 1.02 bits per heavy atom. The van der Waals surface area contributed by atoms with Crippen LogP contribution in [0.5, 0.6) is 11.5 Å². The van der Waals surface area contributed by atoms with E-state index in [4.69, 9.17) is 18.9 Å². The first-order valence-corrected chi connectivity index (χ1v) is 14.1. The van der Waals surface area contributed by atoms with Crippen LogP contribution in [0.3, 0.4) is 0 Å². The predicted octanol–water partition coefficient (Wildman–Crippen LogP) is 4.44. The lowest BCUT2D eigenvalue weighted by atomic mass is 9.87. The van der Waals surface area contributed by atoms with Crippen LogP contribution in [0.2, 0.25) is 0 Å². The number of nitrogens with one attached hydrogen (secondary N) is 1. The van der Waals surface area contributed by atoms with Gasteiger partial charge in [-0.15, -0.1) is 0 Å². The van der Waals surface area contributed by atoms with Gasteiger partial charge in [0.15, 0.2) is 5.82 Å². The Hall–Kier alpha value is -3.85. The molecule has 0 unspecified atom stereocenters. The minimum atomic E-state index is -0.315. The average Bonchev–Trinajstić information content (AvgIpc) is 2.97. The highest BCUT2D eigenvalue weighted by molar-refractivity contribution is 5.64. The number of aromatic nitrogens is 3. The highest BCUT2D eigenvalue weighted by Gasteiger charge is 2.32. The summed E-state index contributed by atoms with van der Waals surface area (Å²) in [5, 5.41) is 12.8. The summed E-state index contributed by atoms with van der Waals surface area (Å²) >= 11 is 0. The summed E-state index contributed by atoms with van der Waals surface area (Å²) in [7, 11) is 1.56. The number of ether oxygens (including phenoxy) is 4. The van der Waals surface area contributed by atoms with E-state index in [1.165, 1.54) is 12.4 Å². The zero-order valence-electron chi connectivity index (χ0n) is 23.0. The molecular formula is C30H33FN6O4. The maximum absolute atomic E-state index is 15.5. The minimum Gasteiger partial charge on any atom is -0.496 e. The van der Waals surface area contributed by atoms with E-state index in [1.807, 2.05) is 6.07 Å². The molecule has 0 atom stereocenters. The van der Waals surface area contributed by atoms with E-state index in [0.29, 0.717) is 59.0 Å². The van der Waals surface area contributed by atoms with Crippen molar-refractivity contribution in [3.8, 4) is 29.0 Å². The van der Waals surface area contributed by atoms with Crippen molar-refractivity contribution >= 4 is 11.6 Å². The van der Waals surface area contributed by atoms with Crippen molar-refractivity contribution in [2.45, 2.75) is 43.7 Å². The van der Waals surface area contributed by atoms with Crippen LogP contribution in [0, 0.1) is 17.1 Å². The third kappa shape index (κ3) is 6.10. The number of hydrogen-bond acceptors (Lipinski definition) is 10. The van der Waals surface area contributed by atoms with Crippen molar-refractivity contribution in [1.82, 2.24) is 19.9 Å². The predicted molar refractivity (Wildman–Crippen MR) is 149 cm³/mol. The molecule has 4 heterocycles. The van der Waals surface area contributed by atoms with Gasteiger partial charge in [0.05, 0.1) is 45.1 Å². The zero-order valence-corrected chi connectivity index (χ0v) is 23.0. The van der Waals surface area contributed by atoms with Gasteiger partial charge in [-0.2, -0.15) is 10.2 Å². The van der Waals surface area contributed by atoms with Gasteiger partial charge in [-0.3, -0.25) is 4.90 Å². The van der Waals surface area contributed by atoms with Gasteiger partial charge in [0, 0.05) is 35.7 Å². The lowest BCUT2D eigenvalue weighted by Crippen LogP contribution is -2.51. The van der Waals surface area contributed by atoms with Crippen molar-refractivity contribution in [3.05, 3.63) is 53.6 Å². The number of rotatable bonds is 8. The van der Waals surface area contributed by atoms with Crippen LogP contribution < -0.4 is 14.8 Å². The number of nitriles is 1. The molecule has 0 spiro atoms. The van der Waals surface area contributed by atoms with E-state index in [1.54, 1.807) is 25.3 Å². The van der Waals surface area contributed by atoms with E-state index in [0.717, 1.165) is 52.0 Å². The molecule has 11 heteroatoms. The topological polar surface area (TPSA) is 115 Å². The first kappa shape index (κ1) is 27.3. The Bertz CT molecular complexity index is 1410. The number of likely N-dealkylation sites (tertiary alicyclic amines) is 1. The summed E-state index contributed by atoms with van der Waals surface area (Å²) in [6, 6.07) is 11.2. The molecular weight excluding hydrogens is 527 g/mol. The second-order valence-electron chi connectivity index (χ2n) is 10.6. The lowest BCUT2D eigenvalue weighted by Gasteiger charge is -2.41. The smallest absolute Gasteiger partial charge is 0.230 e. The standard InChI is InChI=1S/C30H33FN6O4/c1-38-27-14-22(13-25(31)28(27)19-4-8-37(9-5-19)23-16-40-17-23)35-30-34-18-33-29(36-30)20-2-3-26(21(12-20)15-32)41-24-6-10-39-11-7-24/h2-3,12-14,18-19,23-24H,4-11,16-17H2,1H3,(H,33,34,35,36). The maximum Gasteiger partial charge on any atom is 0.230 e. The first-order chi connectivity index (χ1) is 20.1. The van der Waals surface area contributed by atoms with Crippen LogP contribution in [0.25, 0.3) is 11.4 Å². The molecule has 3 fully saturated rings. The summed E-state index contributed by atoms with van der Waals surface area (Å²) in [5.74, 6) is 1.44. The summed E-state index contributed by atoms with van der Waals surface area (Å²) in [6.07, 6.45) is 4.72. The van der Waals surface area contributed by atoms with E-state index in [2.05, 4.69) is 31.2 Å². The number of nitrogens with zero attached hydrogens (tertiary/aromatic N) is 5. The highest BCUT2D eigenvalue weighted by Crippen LogP contribution is 2.39. The van der Waals surface area contributed by atoms with E-state index >= 15 is 4.39 Å². The Labute approximate surface area is 238 Å². The number of benzene rings is 2. The molecule has 3 aromatic rings. The molecule has 41 heavy (non-hydrogen) atoms. The van der Waals surface area contributed by atoms with Gasteiger partial charge in [0.25, 0.3) is 0 Å². The van der Waals surface area contributed by atoms with Crippen molar-refractivity contribution in [1.29, 1.82) is 5.26 Å². The first-order valence-electron chi connectivity index (χ1n) is 14.1. The molecule has 1 N–H and O–H groups in total. The van der Waals surface area contributed by atoms with E-state index in [9.17, 15) is 5.26 Å². The molecule has 2 aromatic carbocycles. The van der Waals surface area contributed by atoms with Crippen LogP contribution in [-0.2, 0) is 9.47 Å². The van der Waals surface area contributed by atoms with Gasteiger partial charge in [-0.1, -0.05) is 0 Å². The van der Waals surface area contributed by atoms with Crippen LogP contribution in [0.4, 0.5) is 16.0 Å². The molecule has 1 aromatic heterocycles. The molecule has 214 valence electrons. The van der Waals surface area contributed by atoms with Crippen molar-refractivity contribution in [2.24, 2.45) is 0 Å². The van der Waals surface area contributed by atoms with Gasteiger partial charge >= 0.3 is 0 Å². The second kappa shape index (κ2) is 12.3. The van der Waals surface area contributed by atoms with Crippen LogP contribution >= 0.6 is 0 Å². The molecule has 10 nitrogen and oxygen atoms in total. The summed E-state index contributed by atoms with van der Waals surface area (Å²) < 4.78 is 37.9. The Kier molecular flexibility index (Phi) is 8.23. The van der Waals surface area contributed by atoms with Gasteiger partial charge in [0.2, 0.25) is 5.95 Å². The summed E-state index contributed by atoms with van der Waals surface area (Å²) in [6.45, 7) is 4.73. The number of anilines is 2. The van der Waals surface area contributed by atoms with Crippen molar-refractivity contribution < 1.29 is 23.3 Å². The summed E-state index contributed by atoms with van der Waals surface area (Å²) in [4.78, 5) is 15.5. The molecule has 3 aliphatic rings. The number of hydrogen-bond donors (Lipinski definition) is 1. The Morgan fingerprint density at radius 3 is 2.54 bits per heavy atom. The molecule has 0 bridgehead atoms. The monoisotopic (exact) mass is 560 g/mol. The molecule has 0 saturated carbocycles. The van der Waals surface area contributed by atoms with E-state index in [-0.39, 0.29) is 23.8 Å². The number of piperidine rings is 1. The molecule has 0 aliphatic carbocycles. The molecule has 6 rings (SSSR count). The molecule has 0 amide bonds. The average molecular weight is 561 g/mol. The minimum absolute atomic E-state index is 0.0219.